The van der Waals surface area contributed by atoms with Crippen LogP contribution in [0.1, 0.15) is 53.4 Å². The van der Waals surface area contributed by atoms with Crippen LogP contribution in [0.2, 0.25) is 0 Å². The van der Waals surface area contributed by atoms with Gasteiger partial charge in [0.15, 0.2) is 0 Å². The molecule has 2 heteroatoms. The molecule has 1 saturated carbocycles. The molecular weight excluding hydrogens is 210 g/mol. The highest BCUT2D eigenvalue weighted by Gasteiger charge is 2.22. The summed E-state index contributed by atoms with van der Waals surface area (Å²) in [7, 11) is 0. The van der Waals surface area contributed by atoms with Crippen molar-refractivity contribution in [2.24, 2.45) is 17.8 Å². The minimum Gasteiger partial charge on any atom is -0.381 e. The Hall–Kier alpha value is -0.0800. The average Bonchev–Trinajstić information content (AvgIpc) is 3.03. The fourth-order valence-corrected chi connectivity index (χ4v) is 2.16. The van der Waals surface area contributed by atoms with Gasteiger partial charge in [-0.05, 0) is 50.0 Å². The highest BCUT2D eigenvalue weighted by molar-refractivity contribution is 4.82. The van der Waals surface area contributed by atoms with Gasteiger partial charge in [-0.3, -0.25) is 0 Å². The lowest BCUT2D eigenvalue weighted by Gasteiger charge is -2.20. The molecule has 0 heterocycles. The van der Waals surface area contributed by atoms with Crippen molar-refractivity contribution >= 4 is 0 Å². The molecule has 0 aromatic heterocycles. The van der Waals surface area contributed by atoms with Gasteiger partial charge >= 0.3 is 0 Å². The van der Waals surface area contributed by atoms with E-state index < -0.39 is 0 Å². The largest absolute Gasteiger partial charge is 0.381 e. The zero-order chi connectivity index (χ0) is 12.7. The van der Waals surface area contributed by atoms with E-state index in [-0.39, 0.29) is 0 Å². The van der Waals surface area contributed by atoms with E-state index >= 15 is 0 Å². The molecule has 0 spiro atoms. The highest BCUT2D eigenvalue weighted by atomic mass is 16.5. The SMILES string of the molecule is CC(C)COCCC(CNC1CC1)CC(C)C. The molecule has 1 aliphatic rings. The summed E-state index contributed by atoms with van der Waals surface area (Å²) in [4.78, 5) is 0. The van der Waals surface area contributed by atoms with E-state index in [9.17, 15) is 0 Å². The van der Waals surface area contributed by atoms with Crippen molar-refractivity contribution in [1.29, 1.82) is 0 Å². The van der Waals surface area contributed by atoms with Gasteiger partial charge in [0.2, 0.25) is 0 Å². The molecule has 1 atom stereocenters. The van der Waals surface area contributed by atoms with Gasteiger partial charge < -0.3 is 10.1 Å². The molecule has 0 radical (unpaired) electrons. The average molecular weight is 241 g/mol. The van der Waals surface area contributed by atoms with Crippen LogP contribution in [0.3, 0.4) is 0 Å². The van der Waals surface area contributed by atoms with E-state index in [1.54, 1.807) is 0 Å². The summed E-state index contributed by atoms with van der Waals surface area (Å²) < 4.78 is 5.70. The van der Waals surface area contributed by atoms with Crippen molar-refractivity contribution in [3.63, 3.8) is 0 Å². The van der Waals surface area contributed by atoms with Crippen molar-refractivity contribution < 1.29 is 4.74 Å². The minimum absolute atomic E-state index is 0.656. The second kappa shape index (κ2) is 8.10. The van der Waals surface area contributed by atoms with E-state index in [1.165, 1.54) is 32.2 Å². The van der Waals surface area contributed by atoms with Gasteiger partial charge in [0.1, 0.15) is 0 Å². The standard InChI is InChI=1S/C15H31NO/c1-12(2)9-14(10-16-15-5-6-15)7-8-17-11-13(3)4/h12-16H,5-11H2,1-4H3. The fourth-order valence-electron chi connectivity index (χ4n) is 2.16. The lowest BCUT2D eigenvalue weighted by atomic mass is 9.94. The summed E-state index contributed by atoms with van der Waals surface area (Å²) in [5, 5.41) is 3.66. The van der Waals surface area contributed by atoms with Crippen LogP contribution in [0.4, 0.5) is 0 Å². The van der Waals surface area contributed by atoms with E-state index in [0.29, 0.717) is 5.92 Å². The van der Waals surface area contributed by atoms with Crippen LogP contribution in [0.25, 0.3) is 0 Å². The molecule has 1 aliphatic carbocycles. The molecule has 1 N–H and O–H groups in total. The van der Waals surface area contributed by atoms with E-state index in [1.807, 2.05) is 0 Å². The molecule has 0 aromatic carbocycles. The van der Waals surface area contributed by atoms with Crippen molar-refractivity contribution in [3.05, 3.63) is 0 Å². The molecule has 0 amide bonds. The lowest BCUT2D eigenvalue weighted by molar-refractivity contribution is 0.0951. The van der Waals surface area contributed by atoms with E-state index in [0.717, 1.165) is 31.1 Å². The number of ether oxygens (including phenoxy) is 1. The second-order valence-corrected chi connectivity index (χ2v) is 6.44. The zero-order valence-corrected chi connectivity index (χ0v) is 12.2. The van der Waals surface area contributed by atoms with E-state index in [4.69, 9.17) is 4.74 Å². The monoisotopic (exact) mass is 241 g/mol. The first-order valence-electron chi connectivity index (χ1n) is 7.39. The molecule has 0 saturated heterocycles. The molecule has 102 valence electrons. The maximum absolute atomic E-state index is 5.70. The molecule has 17 heavy (non-hydrogen) atoms. The summed E-state index contributed by atoms with van der Waals surface area (Å²) >= 11 is 0. The third-order valence-electron chi connectivity index (χ3n) is 3.20. The molecular formula is C15H31NO. The van der Waals surface area contributed by atoms with Gasteiger partial charge in [0.25, 0.3) is 0 Å². The van der Waals surface area contributed by atoms with Gasteiger partial charge in [0, 0.05) is 19.3 Å². The normalized spacial score (nSPS) is 18.0. The Bertz CT molecular complexity index is 187. The van der Waals surface area contributed by atoms with Crippen molar-refractivity contribution in [3.8, 4) is 0 Å². The first kappa shape index (κ1) is 15.0. The van der Waals surface area contributed by atoms with E-state index in [2.05, 4.69) is 33.0 Å². The quantitative estimate of drug-likeness (QED) is 0.591. The minimum atomic E-state index is 0.656. The predicted octanol–water partition coefficient (Wildman–Crippen LogP) is 3.46. The Kier molecular flexibility index (Phi) is 7.14. The summed E-state index contributed by atoms with van der Waals surface area (Å²) in [5.41, 5.74) is 0. The fraction of sp³-hybridized carbons (Fsp3) is 1.00. The summed E-state index contributed by atoms with van der Waals surface area (Å²) in [6, 6.07) is 0.834. The molecule has 1 unspecified atom stereocenters. The Morgan fingerprint density at radius 1 is 1.12 bits per heavy atom. The van der Waals surface area contributed by atoms with Crippen molar-refractivity contribution in [2.45, 2.75) is 59.4 Å². The zero-order valence-electron chi connectivity index (χ0n) is 12.2. The van der Waals surface area contributed by atoms with Crippen LogP contribution in [0.5, 0.6) is 0 Å². The maximum Gasteiger partial charge on any atom is 0.0488 e. The lowest BCUT2D eigenvalue weighted by Crippen LogP contribution is -2.26. The van der Waals surface area contributed by atoms with Crippen LogP contribution in [0.15, 0.2) is 0 Å². The third kappa shape index (κ3) is 8.62. The third-order valence-corrected chi connectivity index (χ3v) is 3.20. The predicted molar refractivity (Wildman–Crippen MR) is 74.2 cm³/mol. The van der Waals surface area contributed by atoms with Crippen molar-refractivity contribution in [2.75, 3.05) is 19.8 Å². The van der Waals surface area contributed by atoms with Crippen molar-refractivity contribution in [1.82, 2.24) is 5.32 Å². The maximum atomic E-state index is 5.70. The molecule has 1 fully saturated rings. The second-order valence-electron chi connectivity index (χ2n) is 6.44. The molecule has 0 aromatic rings. The molecule has 1 rings (SSSR count). The van der Waals surface area contributed by atoms with Gasteiger partial charge in [-0.1, -0.05) is 27.7 Å². The number of hydrogen-bond donors (Lipinski definition) is 1. The van der Waals surface area contributed by atoms with Crippen LogP contribution < -0.4 is 5.32 Å². The Labute approximate surface area is 108 Å². The Morgan fingerprint density at radius 2 is 1.82 bits per heavy atom. The molecule has 0 bridgehead atoms. The number of nitrogens with one attached hydrogen (secondary N) is 1. The first-order chi connectivity index (χ1) is 8.08. The smallest absolute Gasteiger partial charge is 0.0488 e. The first-order valence-corrected chi connectivity index (χ1v) is 7.39. The summed E-state index contributed by atoms with van der Waals surface area (Å²) in [6.07, 6.45) is 5.31. The Morgan fingerprint density at radius 3 is 2.35 bits per heavy atom. The number of hydrogen-bond acceptors (Lipinski definition) is 2. The van der Waals surface area contributed by atoms with Gasteiger partial charge in [-0.15, -0.1) is 0 Å². The van der Waals surface area contributed by atoms with Crippen LogP contribution in [-0.2, 0) is 4.74 Å². The highest BCUT2D eigenvalue weighted by Crippen LogP contribution is 2.21. The van der Waals surface area contributed by atoms with Crippen LogP contribution in [0, 0.1) is 17.8 Å². The summed E-state index contributed by atoms with van der Waals surface area (Å²) in [5.74, 6) is 2.25. The van der Waals surface area contributed by atoms with Gasteiger partial charge in [0.05, 0.1) is 0 Å². The van der Waals surface area contributed by atoms with Gasteiger partial charge in [-0.25, -0.2) is 0 Å². The summed E-state index contributed by atoms with van der Waals surface area (Å²) in [6.45, 7) is 12.1. The Balaban J connectivity index is 2.09. The molecule has 2 nitrogen and oxygen atoms in total. The number of rotatable bonds is 10. The van der Waals surface area contributed by atoms with Gasteiger partial charge in [-0.2, -0.15) is 0 Å². The van der Waals surface area contributed by atoms with Crippen LogP contribution >= 0.6 is 0 Å². The van der Waals surface area contributed by atoms with Crippen LogP contribution in [-0.4, -0.2) is 25.8 Å². The topological polar surface area (TPSA) is 21.3 Å². The molecule has 0 aliphatic heterocycles.